The quantitative estimate of drug-likeness (QED) is 0.794. The number of imide groups is 1. The molecule has 5 rings (SSSR count). The Morgan fingerprint density at radius 3 is 2.62 bits per heavy atom. The highest BCUT2D eigenvalue weighted by molar-refractivity contribution is 6.00. The Balaban J connectivity index is 1.42. The lowest BCUT2D eigenvalue weighted by Gasteiger charge is -2.44. The van der Waals surface area contributed by atoms with Crippen molar-refractivity contribution in [1.82, 2.24) is 20.0 Å². The molecule has 0 aliphatic carbocycles. The molecule has 3 amide bonds. The number of hydrogen-bond donors (Lipinski definition) is 1. The Kier molecular flexibility index (Phi) is 5.27. The van der Waals surface area contributed by atoms with Gasteiger partial charge in [0.2, 0.25) is 0 Å². The number of carbonyl (C=O) groups excluding carboxylic acids is 2. The number of fused-ring (bicyclic) bond motifs is 3. The molecule has 0 spiro atoms. The van der Waals surface area contributed by atoms with Crippen LogP contribution in [0.4, 0.5) is 10.5 Å². The van der Waals surface area contributed by atoms with Gasteiger partial charge >= 0.3 is 6.03 Å². The first-order valence-corrected chi connectivity index (χ1v) is 11.0. The molecule has 168 valence electrons. The highest BCUT2D eigenvalue weighted by atomic mass is 16.5. The van der Waals surface area contributed by atoms with Crippen LogP contribution in [0.1, 0.15) is 17.5 Å². The van der Waals surface area contributed by atoms with Gasteiger partial charge in [0.1, 0.15) is 24.2 Å². The van der Waals surface area contributed by atoms with Crippen molar-refractivity contribution in [2.24, 2.45) is 0 Å². The molecule has 8 heteroatoms. The lowest BCUT2D eigenvalue weighted by molar-refractivity contribution is -0.139. The molecule has 3 unspecified atom stereocenters. The van der Waals surface area contributed by atoms with E-state index in [-0.39, 0.29) is 30.9 Å². The Bertz CT molecular complexity index is 1030. The number of benzene rings is 2. The van der Waals surface area contributed by atoms with Gasteiger partial charge in [-0.2, -0.15) is 0 Å². The molecule has 3 aliphatic heterocycles. The van der Waals surface area contributed by atoms with E-state index in [0.717, 1.165) is 42.1 Å². The van der Waals surface area contributed by atoms with Crippen LogP contribution in [-0.4, -0.2) is 72.4 Å². The Labute approximate surface area is 188 Å². The maximum atomic E-state index is 13.6. The van der Waals surface area contributed by atoms with Crippen LogP contribution in [0.5, 0.6) is 5.75 Å². The summed E-state index contributed by atoms with van der Waals surface area (Å²) in [5.74, 6) is 0.656. The second-order valence-corrected chi connectivity index (χ2v) is 8.72. The molecular formula is C24H29N5O3. The minimum atomic E-state index is -0.415. The summed E-state index contributed by atoms with van der Waals surface area (Å²) >= 11 is 0. The van der Waals surface area contributed by atoms with Crippen LogP contribution in [0.15, 0.2) is 48.5 Å². The van der Waals surface area contributed by atoms with E-state index < -0.39 is 6.04 Å². The largest absolute Gasteiger partial charge is 0.497 e. The standard InChI is InChI=1S/C24H29N5O3/c1-16-8-10-17(11-9-16)15-29-22(30)20-21(26(2)24(29)31)25-23-27(12-5-13-28(20)23)18-6-4-7-19(14-18)32-3/h4,6-11,14,20-21,23,25H,5,12-13,15H2,1-3H3. The van der Waals surface area contributed by atoms with Crippen molar-refractivity contribution < 1.29 is 14.3 Å². The maximum absolute atomic E-state index is 13.6. The Morgan fingerprint density at radius 1 is 1.09 bits per heavy atom. The number of ether oxygens (including phenoxy) is 1. The predicted molar refractivity (Wildman–Crippen MR) is 121 cm³/mol. The summed E-state index contributed by atoms with van der Waals surface area (Å²) in [5, 5.41) is 3.55. The summed E-state index contributed by atoms with van der Waals surface area (Å²) in [6.45, 7) is 3.96. The minimum absolute atomic E-state index is 0.138. The van der Waals surface area contributed by atoms with Gasteiger partial charge in [0, 0.05) is 31.9 Å². The molecule has 2 aromatic carbocycles. The summed E-state index contributed by atoms with van der Waals surface area (Å²) in [6.07, 6.45) is 0.409. The molecule has 0 aromatic heterocycles. The van der Waals surface area contributed by atoms with Crippen molar-refractivity contribution in [3.63, 3.8) is 0 Å². The molecule has 3 atom stereocenters. The summed E-state index contributed by atoms with van der Waals surface area (Å²) in [5.41, 5.74) is 3.13. The zero-order valence-electron chi connectivity index (χ0n) is 18.7. The fourth-order valence-corrected chi connectivity index (χ4v) is 4.99. The number of carbonyl (C=O) groups is 2. The zero-order valence-corrected chi connectivity index (χ0v) is 18.7. The predicted octanol–water partition coefficient (Wildman–Crippen LogP) is 2.19. The van der Waals surface area contributed by atoms with Crippen LogP contribution in [0.25, 0.3) is 0 Å². The third-order valence-electron chi connectivity index (χ3n) is 6.72. The van der Waals surface area contributed by atoms with E-state index in [1.165, 1.54) is 4.90 Å². The Morgan fingerprint density at radius 2 is 1.88 bits per heavy atom. The van der Waals surface area contributed by atoms with Gasteiger partial charge in [-0.3, -0.25) is 19.9 Å². The number of likely N-dealkylation sites (N-methyl/N-ethyl adjacent to an activating group) is 1. The molecule has 3 heterocycles. The first-order valence-electron chi connectivity index (χ1n) is 11.0. The van der Waals surface area contributed by atoms with Crippen LogP contribution in [0.2, 0.25) is 0 Å². The average molecular weight is 436 g/mol. The van der Waals surface area contributed by atoms with E-state index in [9.17, 15) is 9.59 Å². The molecule has 0 saturated carbocycles. The summed E-state index contributed by atoms with van der Waals surface area (Å²) in [4.78, 5) is 34.2. The number of amides is 3. The number of methoxy groups -OCH3 is 1. The van der Waals surface area contributed by atoms with Crippen molar-refractivity contribution in [2.75, 3.05) is 32.1 Å². The normalized spacial score (nSPS) is 25.7. The zero-order chi connectivity index (χ0) is 22.4. The van der Waals surface area contributed by atoms with Gasteiger partial charge < -0.3 is 14.5 Å². The molecule has 32 heavy (non-hydrogen) atoms. The lowest BCUT2D eigenvalue weighted by atomic mass is 10.1. The van der Waals surface area contributed by atoms with Gasteiger partial charge in [-0.1, -0.05) is 35.9 Å². The van der Waals surface area contributed by atoms with Gasteiger partial charge in [0.15, 0.2) is 0 Å². The van der Waals surface area contributed by atoms with E-state index in [4.69, 9.17) is 4.74 Å². The minimum Gasteiger partial charge on any atom is -0.497 e. The molecule has 0 bridgehead atoms. The van der Waals surface area contributed by atoms with Crippen molar-refractivity contribution in [3.05, 3.63) is 59.7 Å². The summed E-state index contributed by atoms with van der Waals surface area (Å²) in [7, 11) is 3.43. The summed E-state index contributed by atoms with van der Waals surface area (Å²) in [6, 6.07) is 15.2. The van der Waals surface area contributed by atoms with Gasteiger partial charge in [0.05, 0.1) is 13.7 Å². The van der Waals surface area contributed by atoms with Gasteiger partial charge in [-0.25, -0.2) is 4.79 Å². The van der Waals surface area contributed by atoms with E-state index in [2.05, 4.69) is 21.2 Å². The first-order chi connectivity index (χ1) is 15.5. The van der Waals surface area contributed by atoms with Gasteiger partial charge in [0.25, 0.3) is 5.91 Å². The number of rotatable bonds is 4. The molecule has 8 nitrogen and oxygen atoms in total. The Hall–Kier alpha value is -3.10. The smallest absolute Gasteiger partial charge is 0.328 e. The van der Waals surface area contributed by atoms with Crippen molar-refractivity contribution in [3.8, 4) is 5.75 Å². The van der Waals surface area contributed by atoms with E-state index in [1.54, 1.807) is 19.1 Å². The monoisotopic (exact) mass is 435 g/mol. The fraction of sp³-hybridized carbons (Fsp3) is 0.417. The first kappa shape index (κ1) is 20.8. The summed E-state index contributed by atoms with van der Waals surface area (Å²) < 4.78 is 5.40. The molecule has 3 fully saturated rings. The van der Waals surface area contributed by atoms with Crippen LogP contribution in [-0.2, 0) is 11.3 Å². The third kappa shape index (κ3) is 3.40. The molecule has 3 saturated heterocycles. The number of hydrogen-bond acceptors (Lipinski definition) is 6. The number of nitrogens with zero attached hydrogens (tertiary/aromatic N) is 4. The third-order valence-corrected chi connectivity index (χ3v) is 6.72. The molecule has 2 aromatic rings. The van der Waals surface area contributed by atoms with E-state index in [1.807, 2.05) is 49.4 Å². The van der Waals surface area contributed by atoms with E-state index >= 15 is 0 Å². The maximum Gasteiger partial charge on any atom is 0.328 e. The molecule has 1 N–H and O–H groups in total. The van der Waals surface area contributed by atoms with Crippen molar-refractivity contribution >= 4 is 17.6 Å². The average Bonchev–Trinajstić information content (AvgIpc) is 3.22. The molecule has 0 radical (unpaired) electrons. The number of nitrogens with one attached hydrogen (secondary N) is 1. The van der Waals surface area contributed by atoms with Crippen LogP contribution < -0.4 is 15.0 Å². The second-order valence-electron chi connectivity index (χ2n) is 8.72. The fourth-order valence-electron chi connectivity index (χ4n) is 4.99. The SMILES string of the molecule is COc1cccc(N2CCCN3C4C(=O)N(Cc5ccc(C)cc5)C(=O)N(C)C4NC23)c1. The highest BCUT2D eigenvalue weighted by Gasteiger charge is 2.56. The van der Waals surface area contributed by atoms with Crippen LogP contribution >= 0.6 is 0 Å². The molecule has 3 aliphatic rings. The van der Waals surface area contributed by atoms with Crippen molar-refractivity contribution in [1.29, 1.82) is 0 Å². The molecular weight excluding hydrogens is 406 g/mol. The number of anilines is 1. The van der Waals surface area contributed by atoms with Gasteiger partial charge in [-0.05, 0) is 31.0 Å². The second kappa shape index (κ2) is 8.11. The highest BCUT2D eigenvalue weighted by Crippen LogP contribution is 2.34. The number of urea groups is 1. The lowest BCUT2D eigenvalue weighted by Crippen LogP contribution is -2.66. The van der Waals surface area contributed by atoms with E-state index in [0.29, 0.717) is 0 Å². The van der Waals surface area contributed by atoms with Crippen molar-refractivity contribution in [2.45, 2.75) is 38.4 Å². The van der Waals surface area contributed by atoms with Crippen LogP contribution in [0, 0.1) is 6.92 Å². The number of aryl methyl sites for hydroxylation is 1. The topological polar surface area (TPSA) is 68.4 Å². The van der Waals surface area contributed by atoms with Gasteiger partial charge in [-0.15, -0.1) is 0 Å². The van der Waals surface area contributed by atoms with Crippen LogP contribution in [0.3, 0.4) is 0 Å².